The van der Waals surface area contributed by atoms with E-state index in [9.17, 15) is 9.50 Å². The predicted octanol–water partition coefficient (Wildman–Crippen LogP) is 1.89. The maximum Gasteiger partial charge on any atom is 0.201 e. The van der Waals surface area contributed by atoms with Gasteiger partial charge >= 0.3 is 0 Å². The first-order valence-electron chi connectivity index (χ1n) is 5.71. The summed E-state index contributed by atoms with van der Waals surface area (Å²) in [5.41, 5.74) is 1.45. The van der Waals surface area contributed by atoms with Crippen LogP contribution >= 0.6 is 0 Å². The van der Waals surface area contributed by atoms with Crippen molar-refractivity contribution in [2.75, 3.05) is 18.5 Å². The van der Waals surface area contributed by atoms with Crippen molar-refractivity contribution in [3.8, 4) is 0 Å². The molecule has 0 aliphatic heterocycles. The molecule has 3 N–H and O–H groups in total. The highest BCUT2D eigenvalue weighted by Crippen LogP contribution is 2.44. The highest BCUT2D eigenvalue weighted by molar-refractivity contribution is 5.77. The molecule has 1 fully saturated rings. The van der Waals surface area contributed by atoms with Gasteiger partial charge in [-0.1, -0.05) is 0 Å². The van der Waals surface area contributed by atoms with Gasteiger partial charge in [0, 0.05) is 12.0 Å². The fraction of sp³-hybridized carbons (Fsp3) is 0.417. The van der Waals surface area contributed by atoms with Crippen molar-refractivity contribution in [2.24, 2.45) is 5.41 Å². The molecule has 0 unspecified atom stereocenters. The van der Waals surface area contributed by atoms with Crippen LogP contribution in [0.1, 0.15) is 12.8 Å². The lowest BCUT2D eigenvalue weighted by atomic mass is 10.1. The standard InChI is InChI=1S/C12H14FN3O/c13-8-1-2-9-10(5-8)16-11(15-9)14-6-12(7-17)3-4-12/h1-2,5,17H,3-4,6-7H2,(H2,14,15,16). The van der Waals surface area contributed by atoms with E-state index in [0.29, 0.717) is 18.0 Å². The maximum atomic E-state index is 13.0. The number of aromatic nitrogens is 2. The number of benzene rings is 1. The Morgan fingerprint density at radius 2 is 2.29 bits per heavy atom. The maximum absolute atomic E-state index is 13.0. The van der Waals surface area contributed by atoms with Crippen LogP contribution in [0.5, 0.6) is 0 Å². The lowest BCUT2D eigenvalue weighted by Crippen LogP contribution is -2.19. The number of hydrogen-bond donors (Lipinski definition) is 3. The van der Waals surface area contributed by atoms with Crippen LogP contribution in [-0.2, 0) is 0 Å². The van der Waals surface area contributed by atoms with Crippen LogP contribution in [-0.4, -0.2) is 28.2 Å². The number of imidazole rings is 1. The van der Waals surface area contributed by atoms with Gasteiger partial charge in [-0.2, -0.15) is 0 Å². The van der Waals surface area contributed by atoms with Crippen LogP contribution in [0.25, 0.3) is 11.0 Å². The molecule has 1 aromatic heterocycles. The summed E-state index contributed by atoms with van der Waals surface area (Å²) in [5, 5.41) is 12.3. The zero-order valence-corrected chi connectivity index (χ0v) is 9.33. The Kier molecular flexibility index (Phi) is 2.29. The Morgan fingerprint density at radius 3 is 3.00 bits per heavy atom. The Bertz CT molecular complexity index is 548. The van der Waals surface area contributed by atoms with Crippen molar-refractivity contribution in [2.45, 2.75) is 12.8 Å². The van der Waals surface area contributed by atoms with Gasteiger partial charge in [-0.15, -0.1) is 0 Å². The number of hydrogen-bond acceptors (Lipinski definition) is 3. The first-order chi connectivity index (χ1) is 8.21. The third kappa shape index (κ3) is 1.98. The third-order valence-corrected chi connectivity index (χ3v) is 3.37. The Balaban J connectivity index is 1.77. The van der Waals surface area contributed by atoms with Gasteiger partial charge in [0.1, 0.15) is 5.82 Å². The van der Waals surface area contributed by atoms with Gasteiger partial charge in [0.05, 0.1) is 17.6 Å². The number of halogens is 1. The average Bonchev–Trinajstić information content (AvgIpc) is 3.00. The van der Waals surface area contributed by atoms with E-state index >= 15 is 0 Å². The zero-order chi connectivity index (χ0) is 11.9. The number of aliphatic hydroxyl groups is 1. The van der Waals surface area contributed by atoms with Crippen molar-refractivity contribution < 1.29 is 9.50 Å². The smallest absolute Gasteiger partial charge is 0.201 e. The van der Waals surface area contributed by atoms with Crippen LogP contribution in [0.3, 0.4) is 0 Å². The zero-order valence-electron chi connectivity index (χ0n) is 9.33. The van der Waals surface area contributed by atoms with Crippen molar-refractivity contribution in [1.82, 2.24) is 9.97 Å². The van der Waals surface area contributed by atoms with Gasteiger partial charge in [0.25, 0.3) is 0 Å². The number of aromatic amines is 1. The van der Waals surface area contributed by atoms with E-state index in [4.69, 9.17) is 0 Å². The number of fused-ring (bicyclic) bond motifs is 1. The molecule has 1 aliphatic carbocycles. The summed E-state index contributed by atoms with van der Waals surface area (Å²) in [6.07, 6.45) is 2.09. The van der Waals surface area contributed by atoms with E-state index in [1.807, 2.05) is 0 Å². The summed E-state index contributed by atoms with van der Waals surface area (Å²) < 4.78 is 13.0. The highest BCUT2D eigenvalue weighted by Gasteiger charge is 2.41. The largest absolute Gasteiger partial charge is 0.396 e. The molecule has 0 amide bonds. The van der Waals surface area contributed by atoms with E-state index in [2.05, 4.69) is 15.3 Å². The minimum atomic E-state index is -0.276. The molecule has 1 aromatic carbocycles. The average molecular weight is 235 g/mol. The molecule has 0 atom stereocenters. The van der Waals surface area contributed by atoms with E-state index in [1.54, 1.807) is 6.07 Å². The third-order valence-electron chi connectivity index (χ3n) is 3.37. The van der Waals surface area contributed by atoms with Gasteiger partial charge in [-0.25, -0.2) is 9.37 Å². The molecule has 1 heterocycles. The van der Waals surface area contributed by atoms with Gasteiger partial charge < -0.3 is 15.4 Å². The first-order valence-corrected chi connectivity index (χ1v) is 5.71. The molecule has 2 aromatic rings. The lowest BCUT2D eigenvalue weighted by Gasteiger charge is -2.11. The Labute approximate surface area is 97.9 Å². The quantitative estimate of drug-likeness (QED) is 0.758. The van der Waals surface area contributed by atoms with Gasteiger partial charge in [-0.3, -0.25) is 0 Å². The molecule has 3 rings (SSSR count). The van der Waals surface area contributed by atoms with Gasteiger partial charge in [0.2, 0.25) is 5.95 Å². The topological polar surface area (TPSA) is 60.9 Å². The Morgan fingerprint density at radius 1 is 1.47 bits per heavy atom. The molecular formula is C12H14FN3O. The molecule has 1 saturated carbocycles. The van der Waals surface area contributed by atoms with E-state index in [1.165, 1.54) is 12.1 Å². The molecule has 0 spiro atoms. The number of H-pyrrole nitrogens is 1. The molecule has 1 aliphatic rings. The number of anilines is 1. The molecule has 17 heavy (non-hydrogen) atoms. The summed E-state index contributed by atoms with van der Waals surface area (Å²) in [7, 11) is 0. The minimum Gasteiger partial charge on any atom is -0.396 e. The number of aliphatic hydroxyl groups excluding tert-OH is 1. The van der Waals surface area contributed by atoms with E-state index in [0.717, 1.165) is 18.4 Å². The molecule has 0 radical (unpaired) electrons. The second-order valence-corrected chi connectivity index (χ2v) is 4.76. The van der Waals surface area contributed by atoms with Crippen LogP contribution in [0, 0.1) is 11.2 Å². The lowest BCUT2D eigenvalue weighted by molar-refractivity contribution is 0.219. The fourth-order valence-electron chi connectivity index (χ4n) is 1.90. The molecule has 0 saturated heterocycles. The summed E-state index contributed by atoms with van der Waals surface area (Å²) >= 11 is 0. The normalized spacial score (nSPS) is 17.3. The molecule has 90 valence electrons. The molecule has 4 nitrogen and oxygen atoms in total. The summed E-state index contributed by atoms with van der Waals surface area (Å²) in [4.78, 5) is 7.32. The number of nitrogens with zero attached hydrogens (tertiary/aromatic N) is 1. The van der Waals surface area contributed by atoms with E-state index in [-0.39, 0.29) is 17.8 Å². The predicted molar refractivity (Wildman–Crippen MR) is 63.3 cm³/mol. The number of nitrogens with one attached hydrogen (secondary N) is 2. The second-order valence-electron chi connectivity index (χ2n) is 4.76. The number of rotatable bonds is 4. The summed E-state index contributed by atoms with van der Waals surface area (Å²) in [6.45, 7) is 0.903. The van der Waals surface area contributed by atoms with Crippen LogP contribution < -0.4 is 5.32 Å². The summed E-state index contributed by atoms with van der Waals surface area (Å²) in [6, 6.07) is 4.46. The van der Waals surface area contributed by atoms with Crippen LogP contribution in [0.4, 0.5) is 10.3 Å². The second kappa shape index (κ2) is 3.70. The monoisotopic (exact) mass is 235 g/mol. The molecular weight excluding hydrogens is 221 g/mol. The van der Waals surface area contributed by atoms with Crippen molar-refractivity contribution in [3.63, 3.8) is 0 Å². The van der Waals surface area contributed by atoms with Crippen LogP contribution in [0.2, 0.25) is 0 Å². The van der Waals surface area contributed by atoms with Crippen molar-refractivity contribution in [3.05, 3.63) is 24.0 Å². The molecule has 5 heteroatoms. The minimum absolute atomic E-state index is 0.0320. The Hall–Kier alpha value is -1.62. The highest BCUT2D eigenvalue weighted by atomic mass is 19.1. The molecule has 0 bridgehead atoms. The van der Waals surface area contributed by atoms with Crippen molar-refractivity contribution in [1.29, 1.82) is 0 Å². The van der Waals surface area contributed by atoms with Gasteiger partial charge in [0.15, 0.2) is 0 Å². The van der Waals surface area contributed by atoms with E-state index < -0.39 is 0 Å². The summed E-state index contributed by atoms with van der Waals surface area (Å²) in [5.74, 6) is 0.354. The van der Waals surface area contributed by atoms with Gasteiger partial charge in [-0.05, 0) is 31.0 Å². The fourth-order valence-corrected chi connectivity index (χ4v) is 1.90. The first kappa shape index (κ1) is 10.5. The van der Waals surface area contributed by atoms with Crippen molar-refractivity contribution >= 4 is 17.0 Å². The van der Waals surface area contributed by atoms with Crippen LogP contribution in [0.15, 0.2) is 18.2 Å². The SMILES string of the molecule is OCC1(CNc2nc3ccc(F)cc3[nH]2)CC1.